The highest BCUT2D eigenvalue weighted by Crippen LogP contribution is 2.31. The van der Waals surface area contributed by atoms with Gasteiger partial charge in [0.25, 0.3) is 0 Å². The molecule has 20 heavy (non-hydrogen) atoms. The summed E-state index contributed by atoms with van der Waals surface area (Å²) in [5.41, 5.74) is 12.6. The first-order valence-corrected chi connectivity index (χ1v) is 7.10. The minimum absolute atomic E-state index is 0.336. The van der Waals surface area contributed by atoms with Crippen LogP contribution in [0.1, 0.15) is 15.9 Å². The number of halogens is 2. The minimum atomic E-state index is -0.527. The molecule has 0 saturated heterocycles. The molecule has 0 atom stereocenters. The molecule has 0 fully saturated rings. The Bertz CT molecular complexity index is 664. The Morgan fingerprint density at radius 2 is 2.00 bits per heavy atom. The highest BCUT2D eigenvalue weighted by Gasteiger charge is 2.08. The van der Waals surface area contributed by atoms with E-state index in [0.717, 1.165) is 5.56 Å². The van der Waals surface area contributed by atoms with E-state index in [0.29, 0.717) is 26.9 Å². The van der Waals surface area contributed by atoms with Crippen LogP contribution in [0, 0.1) is 5.82 Å². The summed E-state index contributed by atoms with van der Waals surface area (Å²) in [6.45, 7) is 0. The number of hydrogen-bond acceptors (Lipinski definition) is 3. The molecule has 0 bridgehead atoms. The molecule has 2 rings (SSSR count). The third-order valence-electron chi connectivity index (χ3n) is 2.70. The Hall–Kier alpha value is -1.72. The molecule has 0 radical (unpaired) electrons. The molecule has 0 aromatic heterocycles. The average Bonchev–Trinajstić information content (AvgIpc) is 2.40. The molecule has 104 valence electrons. The lowest BCUT2D eigenvalue weighted by Crippen LogP contribution is -2.10. The van der Waals surface area contributed by atoms with E-state index in [1.807, 2.05) is 0 Å². The van der Waals surface area contributed by atoms with E-state index in [4.69, 9.17) is 23.1 Å². The minimum Gasteiger partial charge on any atom is -0.398 e. The van der Waals surface area contributed by atoms with Crippen LogP contribution in [0.25, 0.3) is 0 Å². The standard InChI is InChI=1S/C14H12ClFN2OS/c15-11-5-8(14(18)19)1-2-9(11)7-20-13-6-10(16)3-4-12(13)17/h1-6H,7,17H2,(H2,18,19). The number of anilines is 1. The van der Waals surface area contributed by atoms with Gasteiger partial charge in [0.1, 0.15) is 5.82 Å². The molecule has 1 amide bonds. The molecular weight excluding hydrogens is 299 g/mol. The van der Waals surface area contributed by atoms with Crippen LogP contribution >= 0.6 is 23.4 Å². The van der Waals surface area contributed by atoms with Crippen molar-refractivity contribution < 1.29 is 9.18 Å². The van der Waals surface area contributed by atoms with Gasteiger partial charge >= 0.3 is 0 Å². The number of primary amides is 1. The predicted molar refractivity (Wildman–Crippen MR) is 80.3 cm³/mol. The van der Waals surface area contributed by atoms with Gasteiger partial charge in [-0.3, -0.25) is 4.79 Å². The molecule has 0 aliphatic carbocycles. The van der Waals surface area contributed by atoms with Gasteiger partial charge < -0.3 is 11.5 Å². The number of carbonyl (C=O) groups is 1. The number of carbonyl (C=O) groups excluding carboxylic acids is 1. The van der Waals surface area contributed by atoms with Gasteiger partial charge in [0.15, 0.2) is 0 Å². The van der Waals surface area contributed by atoms with Gasteiger partial charge in [-0.2, -0.15) is 0 Å². The van der Waals surface area contributed by atoms with E-state index in [-0.39, 0.29) is 5.82 Å². The van der Waals surface area contributed by atoms with Crippen LogP contribution in [0.15, 0.2) is 41.3 Å². The molecule has 0 heterocycles. The monoisotopic (exact) mass is 310 g/mol. The molecule has 6 heteroatoms. The number of nitrogen functional groups attached to an aromatic ring is 1. The summed E-state index contributed by atoms with van der Waals surface area (Å²) >= 11 is 7.46. The van der Waals surface area contributed by atoms with E-state index in [1.165, 1.54) is 36.0 Å². The van der Waals surface area contributed by atoms with Gasteiger partial charge in [-0.15, -0.1) is 11.8 Å². The number of nitrogens with two attached hydrogens (primary N) is 2. The molecule has 0 aliphatic rings. The zero-order valence-electron chi connectivity index (χ0n) is 10.4. The Morgan fingerprint density at radius 3 is 2.65 bits per heavy atom. The molecule has 2 aromatic rings. The summed E-state index contributed by atoms with van der Waals surface area (Å²) in [5.74, 6) is -0.344. The third kappa shape index (κ3) is 3.43. The van der Waals surface area contributed by atoms with E-state index < -0.39 is 5.91 Å². The first kappa shape index (κ1) is 14.7. The number of benzene rings is 2. The van der Waals surface area contributed by atoms with Crippen LogP contribution in [-0.2, 0) is 5.75 Å². The normalized spacial score (nSPS) is 10.5. The van der Waals surface area contributed by atoms with Crippen LogP contribution in [0.4, 0.5) is 10.1 Å². The van der Waals surface area contributed by atoms with Crippen LogP contribution < -0.4 is 11.5 Å². The van der Waals surface area contributed by atoms with Crippen molar-refractivity contribution in [2.45, 2.75) is 10.6 Å². The Kier molecular flexibility index (Phi) is 4.52. The maximum Gasteiger partial charge on any atom is 0.248 e. The van der Waals surface area contributed by atoms with E-state index in [9.17, 15) is 9.18 Å². The SMILES string of the molecule is NC(=O)c1ccc(CSc2cc(F)ccc2N)c(Cl)c1. The van der Waals surface area contributed by atoms with E-state index in [1.54, 1.807) is 12.1 Å². The second-order valence-corrected chi connectivity index (χ2v) is 5.57. The fourth-order valence-corrected chi connectivity index (χ4v) is 2.93. The van der Waals surface area contributed by atoms with Crippen molar-refractivity contribution in [1.29, 1.82) is 0 Å². The van der Waals surface area contributed by atoms with Crippen molar-refractivity contribution in [3.05, 3.63) is 58.4 Å². The van der Waals surface area contributed by atoms with Crippen LogP contribution in [0.3, 0.4) is 0 Å². The number of rotatable bonds is 4. The van der Waals surface area contributed by atoms with Crippen LogP contribution in [0.5, 0.6) is 0 Å². The molecular formula is C14H12ClFN2OS. The van der Waals surface area contributed by atoms with E-state index in [2.05, 4.69) is 0 Å². The predicted octanol–water partition coefficient (Wildman–Crippen LogP) is 3.45. The maximum absolute atomic E-state index is 13.1. The second-order valence-electron chi connectivity index (χ2n) is 4.14. The molecule has 0 aliphatic heterocycles. The van der Waals surface area contributed by atoms with Gasteiger partial charge in [0.2, 0.25) is 5.91 Å². The first-order valence-electron chi connectivity index (χ1n) is 5.73. The summed E-state index contributed by atoms with van der Waals surface area (Å²) in [6.07, 6.45) is 0. The molecule has 2 aromatic carbocycles. The van der Waals surface area contributed by atoms with Gasteiger partial charge in [0, 0.05) is 26.9 Å². The van der Waals surface area contributed by atoms with Crippen molar-refractivity contribution in [1.82, 2.24) is 0 Å². The zero-order valence-corrected chi connectivity index (χ0v) is 12.0. The summed E-state index contributed by atoms with van der Waals surface area (Å²) in [7, 11) is 0. The van der Waals surface area contributed by atoms with Gasteiger partial charge in [-0.05, 0) is 35.9 Å². The van der Waals surface area contributed by atoms with E-state index >= 15 is 0 Å². The Morgan fingerprint density at radius 1 is 1.25 bits per heavy atom. The molecule has 0 saturated carbocycles. The maximum atomic E-state index is 13.1. The van der Waals surface area contributed by atoms with Crippen molar-refractivity contribution >= 4 is 35.0 Å². The molecule has 0 spiro atoms. The lowest BCUT2D eigenvalue weighted by atomic mass is 10.1. The lowest BCUT2D eigenvalue weighted by Gasteiger charge is -2.08. The largest absolute Gasteiger partial charge is 0.398 e. The molecule has 4 N–H and O–H groups in total. The summed E-state index contributed by atoms with van der Waals surface area (Å²) < 4.78 is 13.1. The number of hydrogen-bond donors (Lipinski definition) is 2. The average molecular weight is 311 g/mol. The lowest BCUT2D eigenvalue weighted by molar-refractivity contribution is 0.100. The number of thioether (sulfide) groups is 1. The summed E-state index contributed by atoms with van der Waals surface area (Å²) in [6, 6.07) is 9.08. The first-order chi connectivity index (χ1) is 9.47. The Labute approximate surface area is 125 Å². The summed E-state index contributed by atoms with van der Waals surface area (Å²) in [4.78, 5) is 11.7. The third-order valence-corrected chi connectivity index (χ3v) is 4.17. The number of amides is 1. The summed E-state index contributed by atoms with van der Waals surface area (Å²) in [5, 5.41) is 0.448. The quantitative estimate of drug-likeness (QED) is 0.671. The van der Waals surface area contributed by atoms with Gasteiger partial charge in [-0.1, -0.05) is 17.7 Å². The van der Waals surface area contributed by atoms with Gasteiger partial charge in [0.05, 0.1) is 0 Å². The highest BCUT2D eigenvalue weighted by molar-refractivity contribution is 7.98. The zero-order chi connectivity index (χ0) is 14.7. The highest BCUT2D eigenvalue weighted by atomic mass is 35.5. The topological polar surface area (TPSA) is 69.1 Å². The van der Waals surface area contributed by atoms with Crippen LogP contribution in [0.2, 0.25) is 5.02 Å². The fraction of sp³-hybridized carbons (Fsp3) is 0.0714. The van der Waals surface area contributed by atoms with Crippen molar-refractivity contribution in [3.8, 4) is 0 Å². The fourth-order valence-electron chi connectivity index (χ4n) is 1.61. The van der Waals surface area contributed by atoms with Crippen LogP contribution in [-0.4, -0.2) is 5.91 Å². The molecule has 0 unspecified atom stereocenters. The van der Waals surface area contributed by atoms with Gasteiger partial charge in [-0.25, -0.2) is 4.39 Å². The van der Waals surface area contributed by atoms with Crippen molar-refractivity contribution in [3.63, 3.8) is 0 Å². The molecule has 3 nitrogen and oxygen atoms in total. The van der Waals surface area contributed by atoms with Crippen molar-refractivity contribution in [2.75, 3.05) is 5.73 Å². The Balaban J connectivity index is 2.15. The second kappa shape index (κ2) is 6.15. The smallest absolute Gasteiger partial charge is 0.248 e. The van der Waals surface area contributed by atoms with Crippen molar-refractivity contribution in [2.24, 2.45) is 5.73 Å².